The van der Waals surface area contributed by atoms with Crippen molar-refractivity contribution in [2.24, 2.45) is 0 Å². The van der Waals surface area contributed by atoms with Crippen molar-refractivity contribution in [2.45, 2.75) is 6.42 Å². The van der Waals surface area contributed by atoms with E-state index < -0.39 is 5.82 Å². The Morgan fingerprint density at radius 3 is 2.60 bits per heavy atom. The first-order valence-corrected chi connectivity index (χ1v) is 6.19. The molecule has 0 saturated heterocycles. The highest BCUT2D eigenvalue weighted by atomic mass is 19.1. The number of ketones is 1. The number of para-hydroxylation sites is 1. The molecule has 0 atom stereocenters. The molecule has 0 aliphatic rings. The molecule has 0 saturated carbocycles. The maximum atomic E-state index is 13.5. The maximum Gasteiger partial charge on any atom is 0.202 e. The van der Waals surface area contributed by atoms with Crippen molar-refractivity contribution in [2.75, 3.05) is 5.73 Å². The van der Waals surface area contributed by atoms with E-state index in [1.54, 1.807) is 42.5 Å². The van der Waals surface area contributed by atoms with Crippen LogP contribution in [0.2, 0.25) is 0 Å². The van der Waals surface area contributed by atoms with E-state index in [1.165, 1.54) is 6.07 Å². The van der Waals surface area contributed by atoms with Crippen molar-refractivity contribution >= 4 is 22.4 Å². The van der Waals surface area contributed by atoms with Gasteiger partial charge in [-0.05, 0) is 29.8 Å². The van der Waals surface area contributed by atoms with E-state index in [4.69, 9.17) is 10.2 Å². The van der Waals surface area contributed by atoms with Crippen molar-refractivity contribution in [3.8, 4) is 0 Å². The van der Waals surface area contributed by atoms with Gasteiger partial charge in [0.15, 0.2) is 17.2 Å². The summed E-state index contributed by atoms with van der Waals surface area (Å²) in [5.74, 6) is -0.485. The van der Waals surface area contributed by atoms with Crippen molar-refractivity contribution in [3.05, 3.63) is 65.7 Å². The molecule has 3 aromatic rings. The van der Waals surface area contributed by atoms with E-state index in [0.717, 1.165) is 5.56 Å². The van der Waals surface area contributed by atoms with Crippen LogP contribution in [0.5, 0.6) is 0 Å². The molecule has 100 valence electrons. The highest BCUT2D eigenvalue weighted by Crippen LogP contribution is 2.23. The minimum Gasteiger partial charge on any atom is -0.450 e. The Morgan fingerprint density at radius 2 is 1.90 bits per heavy atom. The molecule has 0 bridgehead atoms. The molecule has 0 aliphatic heterocycles. The number of nitrogens with two attached hydrogens (primary N) is 1. The number of hydrogen-bond donors (Lipinski definition) is 1. The highest BCUT2D eigenvalue weighted by molar-refractivity contribution is 5.98. The molecule has 3 rings (SSSR count). The molecule has 3 nitrogen and oxygen atoms in total. The average Bonchev–Trinajstić information content (AvgIpc) is 2.87. The third kappa shape index (κ3) is 2.28. The summed E-state index contributed by atoms with van der Waals surface area (Å²) in [6.07, 6.45) is 0.196. The smallest absolute Gasteiger partial charge is 0.202 e. The van der Waals surface area contributed by atoms with Crippen LogP contribution in [0.4, 0.5) is 10.1 Å². The normalized spacial score (nSPS) is 10.8. The van der Waals surface area contributed by atoms with Crippen LogP contribution >= 0.6 is 0 Å². The monoisotopic (exact) mass is 269 g/mol. The number of benzene rings is 2. The van der Waals surface area contributed by atoms with Gasteiger partial charge in [-0.1, -0.05) is 24.3 Å². The van der Waals surface area contributed by atoms with Crippen molar-refractivity contribution < 1.29 is 13.6 Å². The summed E-state index contributed by atoms with van der Waals surface area (Å²) in [5.41, 5.74) is 7.19. The first-order chi connectivity index (χ1) is 9.63. The summed E-state index contributed by atoms with van der Waals surface area (Å²) >= 11 is 0. The van der Waals surface area contributed by atoms with Gasteiger partial charge in [-0.2, -0.15) is 0 Å². The van der Waals surface area contributed by atoms with Crippen LogP contribution in [-0.2, 0) is 6.42 Å². The number of halogens is 1. The molecule has 0 fully saturated rings. The van der Waals surface area contributed by atoms with E-state index in [9.17, 15) is 9.18 Å². The molecule has 0 spiro atoms. The molecule has 0 radical (unpaired) electrons. The average molecular weight is 269 g/mol. The summed E-state index contributed by atoms with van der Waals surface area (Å²) in [5, 5.41) is 0.589. The summed E-state index contributed by atoms with van der Waals surface area (Å²) in [6, 6.07) is 13.2. The fourth-order valence-electron chi connectivity index (χ4n) is 2.07. The number of Topliss-reactive ketones (excluding diaryl/α,β-unsaturated/α-hetero) is 1. The first-order valence-electron chi connectivity index (χ1n) is 6.19. The van der Waals surface area contributed by atoms with Crippen LogP contribution in [0, 0.1) is 5.82 Å². The molecule has 4 heteroatoms. The lowest BCUT2D eigenvalue weighted by atomic mass is 10.1. The zero-order valence-corrected chi connectivity index (χ0v) is 10.6. The fourth-order valence-corrected chi connectivity index (χ4v) is 2.07. The van der Waals surface area contributed by atoms with Crippen LogP contribution < -0.4 is 5.73 Å². The Morgan fingerprint density at radius 1 is 1.15 bits per heavy atom. The molecular weight excluding hydrogens is 257 g/mol. The molecule has 0 amide bonds. The third-order valence-corrected chi connectivity index (χ3v) is 3.12. The Bertz CT molecular complexity index is 775. The summed E-state index contributed by atoms with van der Waals surface area (Å²) in [6.45, 7) is 0. The predicted octanol–water partition coefficient (Wildman–Crippen LogP) is 3.58. The minimum absolute atomic E-state index is 0.119. The number of anilines is 1. The largest absolute Gasteiger partial charge is 0.450 e. The summed E-state index contributed by atoms with van der Waals surface area (Å²) < 4.78 is 18.8. The quantitative estimate of drug-likeness (QED) is 0.584. The number of rotatable bonds is 3. The van der Waals surface area contributed by atoms with Crippen LogP contribution in [0.1, 0.15) is 16.1 Å². The number of furan rings is 1. The standard InChI is InChI=1S/C16H12FNO2/c17-13-3-1-2-11-9-15(20-16(11)13)14(19)8-10-4-6-12(18)7-5-10/h1-7,9H,8,18H2. The van der Waals surface area contributed by atoms with E-state index in [2.05, 4.69) is 0 Å². The Kier molecular flexibility index (Phi) is 2.99. The molecule has 0 unspecified atom stereocenters. The van der Waals surface area contributed by atoms with Crippen LogP contribution in [0.15, 0.2) is 52.9 Å². The van der Waals surface area contributed by atoms with Gasteiger partial charge in [-0.25, -0.2) is 4.39 Å². The first kappa shape index (κ1) is 12.4. The van der Waals surface area contributed by atoms with E-state index >= 15 is 0 Å². The van der Waals surface area contributed by atoms with Crippen LogP contribution in [0.3, 0.4) is 0 Å². The van der Waals surface area contributed by atoms with Crippen LogP contribution in [-0.4, -0.2) is 5.78 Å². The molecule has 2 aromatic carbocycles. The molecule has 2 N–H and O–H groups in total. The van der Waals surface area contributed by atoms with Gasteiger partial charge in [0.2, 0.25) is 5.78 Å². The highest BCUT2D eigenvalue weighted by Gasteiger charge is 2.14. The van der Waals surface area contributed by atoms with Crippen molar-refractivity contribution in [1.29, 1.82) is 0 Å². The fraction of sp³-hybridized carbons (Fsp3) is 0.0625. The predicted molar refractivity (Wildman–Crippen MR) is 75.1 cm³/mol. The zero-order valence-electron chi connectivity index (χ0n) is 10.6. The molecule has 20 heavy (non-hydrogen) atoms. The van der Waals surface area contributed by atoms with Gasteiger partial charge in [0, 0.05) is 17.5 Å². The zero-order chi connectivity index (χ0) is 14.1. The lowest BCUT2D eigenvalue weighted by molar-refractivity contribution is 0.0968. The van der Waals surface area contributed by atoms with Gasteiger partial charge in [0.1, 0.15) is 0 Å². The number of nitrogen functional groups attached to an aromatic ring is 1. The Balaban J connectivity index is 1.89. The van der Waals surface area contributed by atoms with E-state index in [1.807, 2.05) is 0 Å². The summed E-state index contributed by atoms with van der Waals surface area (Å²) in [4.78, 5) is 12.1. The molecule has 1 aromatic heterocycles. The van der Waals surface area contributed by atoms with Crippen LogP contribution in [0.25, 0.3) is 11.0 Å². The van der Waals surface area contributed by atoms with E-state index in [-0.39, 0.29) is 23.5 Å². The molecular formula is C16H12FNO2. The van der Waals surface area contributed by atoms with Gasteiger partial charge in [0.05, 0.1) is 0 Å². The maximum absolute atomic E-state index is 13.5. The number of carbonyl (C=O) groups excluding carboxylic acids is 1. The minimum atomic E-state index is -0.464. The SMILES string of the molecule is Nc1ccc(CC(=O)c2cc3cccc(F)c3o2)cc1. The number of carbonyl (C=O) groups is 1. The van der Waals surface area contributed by atoms with Gasteiger partial charge in [-0.15, -0.1) is 0 Å². The third-order valence-electron chi connectivity index (χ3n) is 3.12. The van der Waals surface area contributed by atoms with Gasteiger partial charge in [0.25, 0.3) is 0 Å². The van der Waals surface area contributed by atoms with E-state index in [0.29, 0.717) is 11.1 Å². The lowest BCUT2D eigenvalue weighted by Gasteiger charge is -1.99. The van der Waals surface area contributed by atoms with Gasteiger partial charge >= 0.3 is 0 Å². The van der Waals surface area contributed by atoms with Crippen molar-refractivity contribution in [1.82, 2.24) is 0 Å². The number of hydrogen-bond acceptors (Lipinski definition) is 3. The van der Waals surface area contributed by atoms with Gasteiger partial charge in [-0.3, -0.25) is 4.79 Å². The number of fused-ring (bicyclic) bond motifs is 1. The second-order valence-electron chi connectivity index (χ2n) is 4.61. The van der Waals surface area contributed by atoms with Gasteiger partial charge < -0.3 is 10.2 Å². The van der Waals surface area contributed by atoms with Crippen molar-refractivity contribution in [3.63, 3.8) is 0 Å². The lowest BCUT2D eigenvalue weighted by Crippen LogP contribution is -2.02. The summed E-state index contributed by atoms with van der Waals surface area (Å²) in [7, 11) is 0. The molecule has 1 heterocycles. The Labute approximate surface area is 114 Å². The second kappa shape index (κ2) is 4.81. The Hall–Kier alpha value is -2.62. The molecule has 0 aliphatic carbocycles. The second-order valence-corrected chi connectivity index (χ2v) is 4.61. The topological polar surface area (TPSA) is 56.2 Å².